The standard InChI is InChI=1S/C10H16ClN5O3S/c1-16-8(7(11)6-13-16)20(18,19)15-10(9(12)14-17)4-2-3-5-10/h6,15,17H,2-5H2,1H3,(H2,12,14). The van der Waals surface area contributed by atoms with E-state index in [1.165, 1.54) is 17.9 Å². The third-order valence-corrected chi connectivity index (χ3v) is 5.52. The maximum atomic E-state index is 12.5. The van der Waals surface area contributed by atoms with Gasteiger partial charge in [0.05, 0.1) is 16.8 Å². The Hall–Kier alpha value is -1.32. The minimum atomic E-state index is -3.93. The number of amidine groups is 1. The number of sulfonamides is 1. The Kier molecular flexibility index (Phi) is 3.94. The zero-order valence-electron chi connectivity index (χ0n) is 10.9. The lowest BCUT2D eigenvalue weighted by Gasteiger charge is -2.28. The zero-order valence-corrected chi connectivity index (χ0v) is 12.4. The van der Waals surface area contributed by atoms with Gasteiger partial charge in [-0.2, -0.15) is 9.82 Å². The summed E-state index contributed by atoms with van der Waals surface area (Å²) in [6.07, 6.45) is 3.77. The first-order valence-electron chi connectivity index (χ1n) is 6.02. The molecule has 4 N–H and O–H groups in total. The minimum absolute atomic E-state index is 0.0210. The third kappa shape index (κ3) is 2.48. The first kappa shape index (κ1) is 15.1. The molecule has 1 aromatic rings. The largest absolute Gasteiger partial charge is 0.409 e. The summed E-state index contributed by atoms with van der Waals surface area (Å²) in [4.78, 5) is 0. The van der Waals surface area contributed by atoms with Gasteiger partial charge in [0, 0.05) is 7.05 Å². The SMILES string of the molecule is Cn1ncc(Cl)c1S(=O)(=O)NC1(C(N)=NO)CCCC1. The smallest absolute Gasteiger partial charge is 0.260 e. The molecule has 0 radical (unpaired) electrons. The first-order chi connectivity index (χ1) is 9.32. The average molecular weight is 322 g/mol. The molecule has 1 aliphatic rings. The van der Waals surface area contributed by atoms with E-state index in [9.17, 15) is 8.42 Å². The Morgan fingerprint density at radius 2 is 2.20 bits per heavy atom. The van der Waals surface area contributed by atoms with Crippen molar-refractivity contribution < 1.29 is 13.6 Å². The number of rotatable bonds is 4. The fourth-order valence-electron chi connectivity index (χ4n) is 2.49. The second-order valence-corrected chi connectivity index (χ2v) is 6.81. The molecule has 1 aliphatic carbocycles. The average Bonchev–Trinajstić information content (AvgIpc) is 2.96. The van der Waals surface area contributed by atoms with Crippen LogP contribution in [0.15, 0.2) is 16.4 Å². The molecule has 0 bridgehead atoms. The summed E-state index contributed by atoms with van der Waals surface area (Å²) in [5, 5.41) is 15.5. The van der Waals surface area contributed by atoms with Crippen LogP contribution in [0.1, 0.15) is 25.7 Å². The predicted octanol–water partition coefficient (Wildman–Crippen LogP) is 0.411. The van der Waals surface area contributed by atoms with Crippen LogP contribution >= 0.6 is 11.6 Å². The van der Waals surface area contributed by atoms with Gasteiger partial charge in [-0.25, -0.2) is 8.42 Å². The lowest BCUT2D eigenvalue weighted by molar-refractivity contribution is 0.309. The summed E-state index contributed by atoms with van der Waals surface area (Å²) >= 11 is 5.86. The van der Waals surface area contributed by atoms with Crippen molar-refractivity contribution in [3.05, 3.63) is 11.2 Å². The van der Waals surface area contributed by atoms with E-state index in [1.54, 1.807) is 0 Å². The quantitative estimate of drug-likeness (QED) is 0.321. The molecule has 1 heterocycles. The number of hydrogen-bond acceptors (Lipinski definition) is 5. The van der Waals surface area contributed by atoms with Gasteiger partial charge in [-0.15, -0.1) is 0 Å². The Balaban J connectivity index is 2.41. The zero-order chi connectivity index (χ0) is 15.0. The van der Waals surface area contributed by atoms with Crippen molar-refractivity contribution in [3.63, 3.8) is 0 Å². The van der Waals surface area contributed by atoms with Gasteiger partial charge >= 0.3 is 0 Å². The molecule has 0 unspecified atom stereocenters. The highest BCUT2D eigenvalue weighted by Crippen LogP contribution is 2.32. The lowest BCUT2D eigenvalue weighted by Crippen LogP contribution is -2.55. The molecule has 0 amide bonds. The molecule has 2 rings (SSSR count). The van der Waals surface area contributed by atoms with Crippen molar-refractivity contribution in [1.82, 2.24) is 14.5 Å². The number of aryl methyl sites for hydroxylation is 1. The van der Waals surface area contributed by atoms with Gasteiger partial charge in [0.2, 0.25) is 0 Å². The van der Waals surface area contributed by atoms with Crippen LogP contribution in [0.25, 0.3) is 0 Å². The molecule has 1 aromatic heterocycles. The fraction of sp³-hybridized carbons (Fsp3) is 0.600. The van der Waals surface area contributed by atoms with Crippen molar-refractivity contribution >= 4 is 27.5 Å². The van der Waals surface area contributed by atoms with Crippen LogP contribution < -0.4 is 10.5 Å². The molecular formula is C10H16ClN5O3S. The molecule has 0 saturated heterocycles. The van der Waals surface area contributed by atoms with Crippen LogP contribution in [0.3, 0.4) is 0 Å². The topological polar surface area (TPSA) is 123 Å². The van der Waals surface area contributed by atoms with Crippen molar-refractivity contribution in [1.29, 1.82) is 0 Å². The van der Waals surface area contributed by atoms with Gasteiger partial charge in [-0.05, 0) is 12.8 Å². The summed E-state index contributed by atoms with van der Waals surface area (Å²) in [6.45, 7) is 0. The van der Waals surface area contributed by atoms with Gasteiger partial charge in [-0.3, -0.25) is 4.68 Å². The molecule has 1 saturated carbocycles. The van der Waals surface area contributed by atoms with E-state index in [1.807, 2.05) is 0 Å². The van der Waals surface area contributed by atoms with Crippen molar-refractivity contribution in [2.45, 2.75) is 36.2 Å². The summed E-state index contributed by atoms with van der Waals surface area (Å²) in [7, 11) is -2.45. The van der Waals surface area contributed by atoms with Crippen LogP contribution in [0.4, 0.5) is 0 Å². The first-order valence-corrected chi connectivity index (χ1v) is 7.88. The van der Waals surface area contributed by atoms with Crippen molar-refractivity contribution in [2.24, 2.45) is 17.9 Å². The van der Waals surface area contributed by atoms with Gasteiger partial charge in [0.15, 0.2) is 10.9 Å². The Morgan fingerprint density at radius 1 is 1.60 bits per heavy atom. The summed E-state index contributed by atoms with van der Waals surface area (Å²) in [6, 6.07) is 0. The highest BCUT2D eigenvalue weighted by atomic mass is 35.5. The van der Waals surface area contributed by atoms with E-state index < -0.39 is 15.6 Å². The van der Waals surface area contributed by atoms with Crippen LogP contribution in [0.2, 0.25) is 5.02 Å². The number of hydrogen-bond donors (Lipinski definition) is 3. The Labute approximate surface area is 121 Å². The number of nitrogens with one attached hydrogen (secondary N) is 1. The third-order valence-electron chi connectivity index (χ3n) is 3.48. The predicted molar refractivity (Wildman–Crippen MR) is 73.1 cm³/mol. The van der Waals surface area contributed by atoms with E-state index in [-0.39, 0.29) is 15.9 Å². The second kappa shape index (κ2) is 5.23. The lowest BCUT2D eigenvalue weighted by atomic mass is 9.98. The maximum Gasteiger partial charge on any atom is 0.260 e. The molecule has 0 spiro atoms. The minimum Gasteiger partial charge on any atom is -0.409 e. The second-order valence-electron chi connectivity index (χ2n) is 4.80. The summed E-state index contributed by atoms with van der Waals surface area (Å²) in [5.74, 6) is -0.142. The highest BCUT2D eigenvalue weighted by molar-refractivity contribution is 7.89. The Morgan fingerprint density at radius 3 is 2.65 bits per heavy atom. The van der Waals surface area contributed by atoms with E-state index in [2.05, 4.69) is 15.0 Å². The number of oxime groups is 1. The van der Waals surface area contributed by atoms with Gasteiger partial charge in [0.1, 0.15) is 0 Å². The summed E-state index contributed by atoms with van der Waals surface area (Å²) < 4.78 is 28.6. The monoisotopic (exact) mass is 321 g/mol. The molecule has 112 valence electrons. The van der Waals surface area contributed by atoms with E-state index >= 15 is 0 Å². The molecule has 0 atom stereocenters. The van der Waals surface area contributed by atoms with Gasteiger partial charge in [0.25, 0.3) is 10.0 Å². The molecular weight excluding hydrogens is 306 g/mol. The number of aromatic nitrogens is 2. The number of nitrogens with two attached hydrogens (primary N) is 1. The molecule has 0 aliphatic heterocycles. The van der Waals surface area contributed by atoms with Crippen LogP contribution in [-0.4, -0.2) is 34.8 Å². The highest BCUT2D eigenvalue weighted by Gasteiger charge is 2.43. The van der Waals surface area contributed by atoms with E-state index in [0.29, 0.717) is 12.8 Å². The summed E-state index contributed by atoms with van der Waals surface area (Å²) in [5.41, 5.74) is 4.60. The fourth-order valence-corrected chi connectivity index (χ4v) is 4.59. The molecule has 20 heavy (non-hydrogen) atoms. The maximum absolute atomic E-state index is 12.5. The van der Waals surface area contributed by atoms with Crippen LogP contribution in [0.5, 0.6) is 0 Å². The van der Waals surface area contributed by atoms with Crippen LogP contribution in [0, 0.1) is 0 Å². The van der Waals surface area contributed by atoms with Gasteiger partial charge < -0.3 is 10.9 Å². The molecule has 8 nitrogen and oxygen atoms in total. The Bertz CT molecular complexity index is 614. The normalized spacial score (nSPS) is 19.4. The van der Waals surface area contributed by atoms with Crippen molar-refractivity contribution in [3.8, 4) is 0 Å². The molecule has 1 fully saturated rings. The molecule has 10 heteroatoms. The van der Waals surface area contributed by atoms with E-state index in [0.717, 1.165) is 12.8 Å². The molecule has 0 aromatic carbocycles. The number of halogens is 1. The number of nitrogens with zero attached hydrogens (tertiary/aromatic N) is 3. The van der Waals surface area contributed by atoms with Crippen molar-refractivity contribution in [2.75, 3.05) is 0 Å². The van der Waals surface area contributed by atoms with Gasteiger partial charge in [-0.1, -0.05) is 29.6 Å². The van der Waals surface area contributed by atoms with Crippen LogP contribution in [-0.2, 0) is 17.1 Å². The van der Waals surface area contributed by atoms with E-state index in [4.69, 9.17) is 22.5 Å².